The first-order valence-electron chi connectivity index (χ1n) is 3.31. The fourth-order valence-corrected chi connectivity index (χ4v) is 0.889. The molecule has 0 fully saturated rings. The topological polar surface area (TPSA) is 37.3 Å². The lowest BCUT2D eigenvalue weighted by molar-refractivity contribution is 0.101. The lowest BCUT2D eigenvalue weighted by Gasteiger charge is -2.03. The van der Waals surface area contributed by atoms with Crippen LogP contribution in [0.3, 0.4) is 0 Å². The molecule has 0 unspecified atom stereocenters. The number of halogens is 1. The molecule has 60 valence electrons. The molecule has 12 heavy (non-hydrogen) atoms. The summed E-state index contributed by atoms with van der Waals surface area (Å²) in [5.41, 5.74) is -0.215. The molecule has 0 aromatic heterocycles. The van der Waals surface area contributed by atoms with Crippen molar-refractivity contribution in [3.8, 4) is 5.75 Å². The Morgan fingerprint density at radius 1 is 1.58 bits per heavy atom. The van der Waals surface area contributed by atoms with Gasteiger partial charge in [0.2, 0.25) is 0 Å². The lowest BCUT2D eigenvalue weighted by Crippen LogP contribution is -2.08. The quantitative estimate of drug-likeness (QED) is 0.485. The molecular weight excluding hydrogens is 158 g/mol. The molecule has 0 heterocycles. The Kier molecular flexibility index (Phi) is 2.17. The van der Waals surface area contributed by atoms with Gasteiger partial charge in [-0.05, 0) is 19.1 Å². The van der Waals surface area contributed by atoms with E-state index in [4.69, 9.17) is 7.85 Å². The van der Waals surface area contributed by atoms with Gasteiger partial charge < -0.3 is 5.11 Å². The van der Waals surface area contributed by atoms with Crippen molar-refractivity contribution in [1.29, 1.82) is 0 Å². The van der Waals surface area contributed by atoms with Crippen molar-refractivity contribution in [1.82, 2.24) is 0 Å². The van der Waals surface area contributed by atoms with Gasteiger partial charge in [-0.25, -0.2) is 4.39 Å². The normalized spacial score (nSPS) is 9.83. The maximum atomic E-state index is 12.6. The predicted octanol–water partition coefficient (Wildman–Crippen LogP) is 0.528. The maximum absolute atomic E-state index is 12.6. The average molecular weight is 164 g/mol. The highest BCUT2D eigenvalue weighted by molar-refractivity contribution is 6.35. The van der Waals surface area contributed by atoms with Crippen LogP contribution in [-0.4, -0.2) is 18.7 Å². The van der Waals surface area contributed by atoms with Crippen molar-refractivity contribution in [2.75, 3.05) is 0 Å². The Morgan fingerprint density at radius 2 is 2.17 bits per heavy atom. The van der Waals surface area contributed by atoms with Gasteiger partial charge in [0.15, 0.2) is 5.78 Å². The van der Waals surface area contributed by atoms with Crippen LogP contribution < -0.4 is 5.46 Å². The highest BCUT2D eigenvalue weighted by Crippen LogP contribution is 2.15. The molecule has 2 radical (unpaired) electrons. The van der Waals surface area contributed by atoms with Crippen LogP contribution in [0.5, 0.6) is 5.75 Å². The summed E-state index contributed by atoms with van der Waals surface area (Å²) in [6.07, 6.45) is 0. The number of aromatic hydroxyl groups is 1. The Hall–Kier alpha value is -1.32. The van der Waals surface area contributed by atoms with Gasteiger partial charge in [-0.3, -0.25) is 4.79 Å². The van der Waals surface area contributed by atoms with Gasteiger partial charge in [-0.2, -0.15) is 0 Å². The van der Waals surface area contributed by atoms with E-state index in [1.807, 2.05) is 0 Å². The molecule has 0 spiro atoms. The van der Waals surface area contributed by atoms with Crippen molar-refractivity contribution >= 4 is 19.1 Å². The summed E-state index contributed by atoms with van der Waals surface area (Å²) in [4.78, 5) is 10.8. The van der Waals surface area contributed by atoms with Crippen LogP contribution in [-0.2, 0) is 0 Å². The van der Waals surface area contributed by atoms with Crippen molar-refractivity contribution in [3.63, 3.8) is 0 Å². The van der Waals surface area contributed by atoms with Gasteiger partial charge >= 0.3 is 0 Å². The maximum Gasteiger partial charge on any atom is 0.163 e. The number of hydrogen-bond donors (Lipinski definition) is 1. The van der Waals surface area contributed by atoms with Crippen LogP contribution in [0.25, 0.3) is 0 Å². The second-order valence-corrected chi connectivity index (χ2v) is 2.45. The smallest absolute Gasteiger partial charge is 0.163 e. The van der Waals surface area contributed by atoms with E-state index in [1.54, 1.807) is 0 Å². The molecule has 0 amide bonds. The Labute approximate surface area is 70.4 Å². The molecule has 4 heteroatoms. The van der Waals surface area contributed by atoms with Gasteiger partial charge in [0.1, 0.15) is 19.4 Å². The number of phenols is 1. The fraction of sp³-hybridized carbons (Fsp3) is 0.125. The monoisotopic (exact) mass is 164 g/mol. The lowest BCUT2D eigenvalue weighted by atomic mass is 9.91. The second kappa shape index (κ2) is 2.97. The largest absolute Gasteiger partial charge is 0.508 e. The molecule has 1 aromatic rings. The van der Waals surface area contributed by atoms with Gasteiger partial charge in [-0.1, -0.05) is 5.46 Å². The molecule has 0 aliphatic rings. The van der Waals surface area contributed by atoms with E-state index < -0.39 is 11.6 Å². The van der Waals surface area contributed by atoms with Crippen LogP contribution in [0, 0.1) is 5.82 Å². The fourth-order valence-electron chi connectivity index (χ4n) is 0.889. The molecule has 2 nitrogen and oxygen atoms in total. The zero-order valence-corrected chi connectivity index (χ0v) is 6.47. The van der Waals surface area contributed by atoms with Crippen LogP contribution in [0.15, 0.2) is 12.1 Å². The van der Waals surface area contributed by atoms with E-state index in [0.29, 0.717) is 0 Å². The third kappa shape index (κ3) is 1.47. The van der Waals surface area contributed by atoms with Crippen LogP contribution in [0.2, 0.25) is 0 Å². The predicted molar refractivity (Wildman–Crippen MR) is 43.5 cm³/mol. The zero-order valence-electron chi connectivity index (χ0n) is 6.47. The van der Waals surface area contributed by atoms with Crippen molar-refractivity contribution in [3.05, 3.63) is 23.5 Å². The van der Waals surface area contributed by atoms with E-state index in [-0.39, 0.29) is 16.8 Å². The number of carbonyl (C=O) groups is 1. The van der Waals surface area contributed by atoms with E-state index >= 15 is 0 Å². The summed E-state index contributed by atoms with van der Waals surface area (Å²) in [7, 11) is 5.22. The number of hydrogen-bond acceptors (Lipinski definition) is 2. The van der Waals surface area contributed by atoms with Crippen LogP contribution in [0.4, 0.5) is 4.39 Å². The molecule has 0 aliphatic carbocycles. The van der Waals surface area contributed by atoms with Crippen molar-refractivity contribution in [2.45, 2.75) is 6.92 Å². The summed E-state index contributed by atoms with van der Waals surface area (Å²) in [6, 6.07) is 1.91. The number of benzene rings is 1. The van der Waals surface area contributed by atoms with Crippen molar-refractivity contribution in [2.24, 2.45) is 0 Å². The van der Waals surface area contributed by atoms with Crippen LogP contribution in [0.1, 0.15) is 17.3 Å². The third-order valence-electron chi connectivity index (χ3n) is 1.48. The number of Topliss-reactive ketones (excluding diaryl/α,β-unsaturated/α-hetero) is 1. The van der Waals surface area contributed by atoms with Gasteiger partial charge in [0.05, 0.1) is 5.56 Å². The highest BCUT2D eigenvalue weighted by Gasteiger charge is 2.09. The molecule has 0 saturated carbocycles. The number of rotatable bonds is 1. The minimum Gasteiger partial charge on any atom is -0.508 e. The Balaban J connectivity index is 3.37. The van der Waals surface area contributed by atoms with Crippen LogP contribution >= 0.6 is 0 Å². The Morgan fingerprint density at radius 3 is 2.67 bits per heavy atom. The molecule has 0 atom stereocenters. The highest BCUT2D eigenvalue weighted by atomic mass is 19.1. The van der Waals surface area contributed by atoms with Gasteiger partial charge in [0, 0.05) is 0 Å². The molecule has 1 aromatic carbocycles. The van der Waals surface area contributed by atoms with E-state index in [0.717, 1.165) is 12.1 Å². The van der Waals surface area contributed by atoms with Gasteiger partial charge in [0.25, 0.3) is 0 Å². The van der Waals surface area contributed by atoms with E-state index in [9.17, 15) is 14.3 Å². The van der Waals surface area contributed by atoms with Gasteiger partial charge in [-0.15, -0.1) is 0 Å². The molecule has 0 aliphatic heterocycles. The molecule has 1 rings (SSSR count). The van der Waals surface area contributed by atoms with E-state index in [1.165, 1.54) is 6.92 Å². The minimum absolute atomic E-state index is 0.0903. The summed E-state index contributed by atoms with van der Waals surface area (Å²) >= 11 is 0. The first kappa shape index (κ1) is 8.78. The second-order valence-electron chi connectivity index (χ2n) is 2.45. The standard InChI is InChI=1S/C8H6BFO2/c1-4(11)6-2-5(10)3-7(9)8(6)12/h2-3,12H,1H3. The molecule has 1 N–H and O–H groups in total. The summed E-state index contributed by atoms with van der Waals surface area (Å²) in [5.74, 6) is -1.40. The van der Waals surface area contributed by atoms with E-state index in [2.05, 4.69) is 0 Å². The first-order valence-corrected chi connectivity index (χ1v) is 3.31. The summed E-state index contributed by atoms with van der Waals surface area (Å²) in [5, 5.41) is 9.18. The summed E-state index contributed by atoms with van der Waals surface area (Å²) in [6.45, 7) is 1.23. The number of ketones is 1. The summed E-state index contributed by atoms with van der Waals surface area (Å²) < 4.78 is 12.6. The zero-order chi connectivity index (χ0) is 9.30. The SMILES string of the molecule is [B]c1cc(F)cc(C(C)=O)c1O. The first-order chi connectivity index (χ1) is 5.52. The number of carbonyl (C=O) groups excluding carboxylic acids is 1. The molecular formula is C8H6BFO2. The molecule has 0 bridgehead atoms. The number of phenolic OH excluding ortho intramolecular Hbond substituents is 1. The Bertz CT molecular complexity index is 336. The minimum atomic E-state index is -0.629. The average Bonchev–Trinajstić information content (AvgIpc) is 1.96. The molecule has 0 saturated heterocycles. The van der Waals surface area contributed by atoms with Crippen molar-refractivity contribution < 1.29 is 14.3 Å². The third-order valence-corrected chi connectivity index (χ3v) is 1.48.